The van der Waals surface area contributed by atoms with Gasteiger partial charge in [-0.05, 0) is 37.1 Å². The predicted octanol–water partition coefficient (Wildman–Crippen LogP) is 4.11. The van der Waals surface area contributed by atoms with Crippen LogP contribution in [0.1, 0.15) is 25.1 Å². The summed E-state index contributed by atoms with van der Waals surface area (Å²) in [5.41, 5.74) is 4.22. The fourth-order valence-corrected chi connectivity index (χ4v) is 2.01. The Labute approximate surface area is 120 Å². The van der Waals surface area contributed by atoms with Gasteiger partial charge in [-0.2, -0.15) is 0 Å². The lowest BCUT2D eigenvalue weighted by molar-refractivity contribution is 0.129. The number of aromatic nitrogens is 1. The molecule has 0 aliphatic rings. The van der Waals surface area contributed by atoms with E-state index in [2.05, 4.69) is 22.4 Å². The second-order valence-corrected chi connectivity index (χ2v) is 4.89. The molecule has 2 rings (SSSR count). The van der Waals surface area contributed by atoms with Crippen molar-refractivity contribution in [2.24, 2.45) is 5.16 Å². The van der Waals surface area contributed by atoms with Gasteiger partial charge in [-0.1, -0.05) is 42.1 Å². The Bertz CT molecular complexity index is 596. The van der Waals surface area contributed by atoms with Crippen molar-refractivity contribution in [1.82, 2.24) is 4.57 Å². The molecular formula is C17H20N2O. The van der Waals surface area contributed by atoms with E-state index in [0.717, 1.165) is 22.5 Å². The number of oxime groups is 1. The second kappa shape index (κ2) is 6.75. The van der Waals surface area contributed by atoms with Gasteiger partial charge in [0.05, 0.1) is 12.3 Å². The van der Waals surface area contributed by atoms with E-state index in [4.69, 9.17) is 4.84 Å². The van der Waals surface area contributed by atoms with Gasteiger partial charge in [0.2, 0.25) is 0 Å². The van der Waals surface area contributed by atoms with Gasteiger partial charge in [0, 0.05) is 11.9 Å². The van der Waals surface area contributed by atoms with Crippen molar-refractivity contribution in [3.05, 3.63) is 66.5 Å². The molecule has 3 nitrogen and oxygen atoms in total. The Kier molecular flexibility index (Phi) is 4.77. The highest BCUT2D eigenvalue weighted by Crippen LogP contribution is 2.12. The van der Waals surface area contributed by atoms with E-state index in [1.165, 1.54) is 0 Å². The van der Waals surface area contributed by atoms with Crippen LogP contribution in [0.5, 0.6) is 0 Å². The van der Waals surface area contributed by atoms with Crippen molar-refractivity contribution >= 4 is 11.3 Å². The average Bonchev–Trinajstić information content (AvgIpc) is 2.88. The number of allylic oxidation sites excluding steroid dienone is 1. The Balaban J connectivity index is 1.91. The maximum absolute atomic E-state index is 5.38. The smallest absolute Gasteiger partial charge is 0.142 e. The van der Waals surface area contributed by atoms with Crippen molar-refractivity contribution in [3.63, 3.8) is 0 Å². The lowest BCUT2D eigenvalue weighted by Gasteiger charge is -2.08. The van der Waals surface area contributed by atoms with Crippen molar-refractivity contribution < 1.29 is 4.84 Å². The first-order valence-corrected chi connectivity index (χ1v) is 6.67. The lowest BCUT2D eigenvalue weighted by Crippen LogP contribution is -2.08. The predicted molar refractivity (Wildman–Crippen MR) is 83.5 cm³/mol. The van der Waals surface area contributed by atoms with Crippen LogP contribution in [-0.4, -0.2) is 10.3 Å². The Morgan fingerprint density at radius 3 is 2.60 bits per heavy atom. The molecule has 104 valence electrons. The van der Waals surface area contributed by atoms with E-state index in [-0.39, 0.29) is 0 Å². The van der Waals surface area contributed by atoms with Crippen molar-refractivity contribution in [2.75, 3.05) is 0 Å². The Morgan fingerprint density at radius 1 is 1.15 bits per heavy atom. The molecule has 0 saturated heterocycles. The molecule has 0 radical (unpaired) electrons. The zero-order valence-corrected chi connectivity index (χ0v) is 12.0. The summed E-state index contributed by atoms with van der Waals surface area (Å²) in [6.45, 7) is 9.15. The fourth-order valence-electron chi connectivity index (χ4n) is 2.01. The minimum atomic E-state index is 0.497. The molecule has 1 aromatic heterocycles. The highest BCUT2D eigenvalue weighted by molar-refractivity contribution is 5.81. The quantitative estimate of drug-likeness (QED) is 0.572. The van der Waals surface area contributed by atoms with Gasteiger partial charge in [-0.3, -0.25) is 0 Å². The molecule has 0 aliphatic carbocycles. The van der Waals surface area contributed by atoms with Gasteiger partial charge in [0.1, 0.15) is 6.61 Å². The number of hydrogen-bond donors (Lipinski definition) is 0. The van der Waals surface area contributed by atoms with Crippen LogP contribution in [0.15, 0.2) is 60.4 Å². The van der Waals surface area contributed by atoms with Gasteiger partial charge in [0.25, 0.3) is 0 Å². The molecule has 0 atom stereocenters. The highest BCUT2D eigenvalue weighted by Gasteiger charge is 2.02. The lowest BCUT2D eigenvalue weighted by atomic mass is 10.2. The van der Waals surface area contributed by atoms with E-state index in [1.807, 2.05) is 56.4 Å². The third-order valence-corrected chi connectivity index (χ3v) is 2.96. The summed E-state index contributed by atoms with van der Waals surface area (Å²) >= 11 is 0. The highest BCUT2D eigenvalue weighted by atomic mass is 16.6. The van der Waals surface area contributed by atoms with E-state index in [9.17, 15) is 0 Å². The van der Waals surface area contributed by atoms with E-state index in [0.29, 0.717) is 13.2 Å². The molecule has 2 aromatic rings. The first-order chi connectivity index (χ1) is 9.66. The van der Waals surface area contributed by atoms with Crippen LogP contribution in [0.25, 0.3) is 5.57 Å². The molecule has 0 amide bonds. The third kappa shape index (κ3) is 3.85. The summed E-state index contributed by atoms with van der Waals surface area (Å²) in [5, 5.41) is 4.16. The summed E-state index contributed by atoms with van der Waals surface area (Å²) in [5.74, 6) is 0. The molecule has 0 fully saturated rings. The SMILES string of the molecule is C=C(C)c1cccn1CC(C)=NOCc1ccccc1. The molecule has 0 spiro atoms. The molecule has 0 saturated carbocycles. The van der Waals surface area contributed by atoms with E-state index >= 15 is 0 Å². The topological polar surface area (TPSA) is 26.5 Å². The Morgan fingerprint density at radius 2 is 1.90 bits per heavy atom. The number of hydrogen-bond acceptors (Lipinski definition) is 2. The van der Waals surface area contributed by atoms with Crippen LogP contribution in [0.3, 0.4) is 0 Å². The first-order valence-electron chi connectivity index (χ1n) is 6.67. The molecule has 3 heteroatoms. The van der Waals surface area contributed by atoms with Gasteiger partial charge >= 0.3 is 0 Å². The van der Waals surface area contributed by atoms with Gasteiger partial charge in [0.15, 0.2) is 0 Å². The van der Waals surface area contributed by atoms with Crippen LogP contribution in [0.4, 0.5) is 0 Å². The molecular weight excluding hydrogens is 248 g/mol. The minimum Gasteiger partial charge on any atom is -0.391 e. The maximum Gasteiger partial charge on any atom is 0.142 e. The van der Waals surface area contributed by atoms with E-state index < -0.39 is 0 Å². The van der Waals surface area contributed by atoms with Gasteiger partial charge < -0.3 is 9.40 Å². The number of nitrogens with zero attached hydrogens (tertiary/aromatic N) is 2. The molecule has 0 unspecified atom stereocenters. The first kappa shape index (κ1) is 14.1. The zero-order valence-electron chi connectivity index (χ0n) is 12.0. The minimum absolute atomic E-state index is 0.497. The monoisotopic (exact) mass is 268 g/mol. The van der Waals surface area contributed by atoms with Crippen LogP contribution >= 0.6 is 0 Å². The molecule has 0 N–H and O–H groups in total. The summed E-state index contributed by atoms with van der Waals surface area (Å²) < 4.78 is 2.12. The van der Waals surface area contributed by atoms with Crippen LogP contribution in [0.2, 0.25) is 0 Å². The third-order valence-electron chi connectivity index (χ3n) is 2.96. The molecule has 0 bridgehead atoms. The van der Waals surface area contributed by atoms with Crippen LogP contribution in [-0.2, 0) is 18.0 Å². The molecule has 1 heterocycles. The number of rotatable bonds is 6. The molecule has 0 aliphatic heterocycles. The summed E-state index contributed by atoms with van der Waals surface area (Å²) in [6, 6.07) is 14.1. The van der Waals surface area contributed by atoms with Gasteiger partial charge in [-0.25, -0.2) is 0 Å². The average molecular weight is 268 g/mol. The molecule has 1 aromatic carbocycles. The largest absolute Gasteiger partial charge is 0.391 e. The number of benzene rings is 1. The van der Waals surface area contributed by atoms with Crippen LogP contribution in [0, 0.1) is 0 Å². The summed E-state index contributed by atoms with van der Waals surface area (Å²) in [7, 11) is 0. The van der Waals surface area contributed by atoms with E-state index in [1.54, 1.807) is 0 Å². The summed E-state index contributed by atoms with van der Waals surface area (Å²) in [6.07, 6.45) is 2.03. The van der Waals surface area contributed by atoms with Crippen molar-refractivity contribution in [1.29, 1.82) is 0 Å². The normalized spacial score (nSPS) is 11.4. The van der Waals surface area contributed by atoms with Gasteiger partial charge in [-0.15, -0.1) is 0 Å². The maximum atomic E-state index is 5.38. The zero-order chi connectivity index (χ0) is 14.4. The molecule has 20 heavy (non-hydrogen) atoms. The second-order valence-electron chi connectivity index (χ2n) is 4.89. The Hall–Kier alpha value is -2.29. The van der Waals surface area contributed by atoms with Crippen molar-refractivity contribution in [2.45, 2.75) is 27.0 Å². The van der Waals surface area contributed by atoms with Crippen LogP contribution < -0.4 is 0 Å². The fraction of sp³-hybridized carbons (Fsp3) is 0.235. The van der Waals surface area contributed by atoms with Crippen molar-refractivity contribution in [3.8, 4) is 0 Å². The summed E-state index contributed by atoms with van der Waals surface area (Å²) in [4.78, 5) is 5.38. The standard InChI is InChI=1S/C17H20N2O/c1-14(2)17-10-7-11-19(17)12-15(3)18-20-13-16-8-5-4-6-9-16/h4-11H,1,12-13H2,2-3H3.